The Hall–Kier alpha value is -2.82. The van der Waals surface area contributed by atoms with Gasteiger partial charge in [-0.25, -0.2) is 0 Å². The van der Waals surface area contributed by atoms with Gasteiger partial charge in [-0.1, -0.05) is 43.7 Å². The smallest absolute Gasteiger partial charge is 0.251 e. The van der Waals surface area contributed by atoms with Gasteiger partial charge in [-0.2, -0.15) is 0 Å². The molecule has 1 unspecified atom stereocenters. The fourth-order valence-corrected chi connectivity index (χ4v) is 2.84. The molecule has 5 heteroatoms. The number of likely N-dealkylation sites (N-methyl/N-ethyl adjacent to an activating group) is 1. The van der Waals surface area contributed by atoms with E-state index in [-0.39, 0.29) is 17.7 Å². The molecule has 0 fully saturated rings. The molecule has 0 aliphatic rings. The van der Waals surface area contributed by atoms with Crippen LogP contribution in [0.25, 0.3) is 0 Å². The van der Waals surface area contributed by atoms with E-state index in [1.807, 2.05) is 63.2 Å². The van der Waals surface area contributed by atoms with Crippen LogP contribution >= 0.6 is 0 Å². The van der Waals surface area contributed by atoms with Crippen LogP contribution in [0.3, 0.4) is 0 Å². The van der Waals surface area contributed by atoms with Crippen LogP contribution in [0, 0.1) is 12.8 Å². The van der Waals surface area contributed by atoms with Gasteiger partial charge in [0.2, 0.25) is 5.91 Å². The number of ether oxygens (including phenoxy) is 1. The fraction of sp³-hybridized carbons (Fsp3) is 0.364. The summed E-state index contributed by atoms with van der Waals surface area (Å²) in [6.07, 6.45) is 0. The molecule has 144 valence electrons. The van der Waals surface area contributed by atoms with Crippen molar-refractivity contribution in [2.75, 3.05) is 14.2 Å². The lowest BCUT2D eigenvalue weighted by atomic mass is 10.0. The van der Waals surface area contributed by atoms with Crippen LogP contribution in [0.15, 0.2) is 48.5 Å². The van der Waals surface area contributed by atoms with Gasteiger partial charge in [0.1, 0.15) is 11.8 Å². The summed E-state index contributed by atoms with van der Waals surface area (Å²) in [4.78, 5) is 27.1. The summed E-state index contributed by atoms with van der Waals surface area (Å²) in [7, 11) is 3.37. The molecule has 0 heterocycles. The minimum absolute atomic E-state index is 0.0235. The van der Waals surface area contributed by atoms with Gasteiger partial charge in [0.05, 0.1) is 7.11 Å². The van der Waals surface area contributed by atoms with Crippen LogP contribution < -0.4 is 10.1 Å². The lowest BCUT2D eigenvalue weighted by Gasteiger charge is -2.27. The lowest BCUT2D eigenvalue weighted by Crippen LogP contribution is -2.50. The van der Waals surface area contributed by atoms with E-state index in [2.05, 4.69) is 5.32 Å². The Morgan fingerprint density at radius 1 is 1.11 bits per heavy atom. The Morgan fingerprint density at radius 3 is 2.33 bits per heavy atom. The Labute approximate surface area is 161 Å². The van der Waals surface area contributed by atoms with Crippen molar-refractivity contribution in [3.63, 3.8) is 0 Å². The van der Waals surface area contributed by atoms with Gasteiger partial charge in [0.15, 0.2) is 0 Å². The van der Waals surface area contributed by atoms with Crippen molar-refractivity contribution in [2.45, 2.75) is 33.4 Å². The highest BCUT2D eigenvalue weighted by atomic mass is 16.5. The number of methoxy groups -OCH3 is 1. The first-order chi connectivity index (χ1) is 12.8. The topological polar surface area (TPSA) is 58.6 Å². The maximum atomic E-state index is 12.9. The number of carbonyl (C=O) groups is 2. The fourth-order valence-electron chi connectivity index (χ4n) is 2.84. The van der Waals surface area contributed by atoms with Crippen molar-refractivity contribution in [3.05, 3.63) is 65.2 Å². The third kappa shape index (κ3) is 5.58. The predicted molar refractivity (Wildman–Crippen MR) is 107 cm³/mol. The number of rotatable bonds is 7. The molecule has 0 bridgehead atoms. The average Bonchev–Trinajstić information content (AvgIpc) is 2.65. The number of nitrogens with one attached hydrogen (secondary N) is 1. The molecular weight excluding hydrogens is 340 g/mol. The van der Waals surface area contributed by atoms with Gasteiger partial charge >= 0.3 is 0 Å². The Kier molecular flexibility index (Phi) is 6.99. The van der Waals surface area contributed by atoms with Gasteiger partial charge in [-0.05, 0) is 42.7 Å². The monoisotopic (exact) mass is 368 g/mol. The van der Waals surface area contributed by atoms with Crippen molar-refractivity contribution in [1.82, 2.24) is 10.2 Å². The molecule has 1 N–H and O–H groups in total. The third-order valence-corrected chi connectivity index (χ3v) is 4.45. The summed E-state index contributed by atoms with van der Waals surface area (Å²) in [5.74, 6) is 0.410. The van der Waals surface area contributed by atoms with E-state index < -0.39 is 6.04 Å². The molecule has 2 rings (SSSR count). The minimum atomic E-state index is -0.582. The standard InChI is InChI=1S/C22H28N2O3/c1-15(2)20(23-21(25)18-8-6-7-16(3)13-18)22(26)24(4)14-17-9-11-19(27-5)12-10-17/h6-13,15,20H,14H2,1-5H3,(H,23,25). The van der Waals surface area contributed by atoms with E-state index in [1.54, 1.807) is 25.1 Å². The van der Waals surface area contributed by atoms with Gasteiger partial charge < -0.3 is 15.0 Å². The zero-order valence-corrected chi connectivity index (χ0v) is 16.7. The van der Waals surface area contributed by atoms with Crippen LogP contribution in [-0.2, 0) is 11.3 Å². The molecule has 0 saturated heterocycles. The van der Waals surface area contributed by atoms with Crippen molar-refractivity contribution in [3.8, 4) is 5.75 Å². The number of hydrogen-bond acceptors (Lipinski definition) is 3. The molecule has 27 heavy (non-hydrogen) atoms. The largest absolute Gasteiger partial charge is 0.497 e. The van der Waals surface area contributed by atoms with E-state index >= 15 is 0 Å². The third-order valence-electron chi connectivity index (χ3n) is 4.45. The van der Waals surface area contributed by atoms with Crippen LogP contribution in [0.1, 0.15) is 35.3 Å². The van der Waals surface area contributed by atoms with E-state index in [0.717, 1.165) is 16.9 Å². The van der Waals surface area contributed by atoms with Crippen molar-refractivity contribution in [2.24, 2.45) is 5.92 Å². The number of carbonyl (C=O) groups excluding carboxylic acids is 2. The average molecular weight is 368 g/mol. The second-order valence-corrected chi connectivity index (χ2v) is 7.11. The zero-order chi connectivity index (χ0) is 20.0. The first kappa shape index (κ1) is 20.5. The van der Waals surface area contributed by atoms with E-state index in [9.17, 15) is 9.59 Å². The molecule has 0 aromatic heterocycles. The zero-order valence-electron chi connectivity index (χ0n) is 16.7. The SMILES string of the molecule is COc1ccc(CN(C)C(=O)C(NC(=O)c2cccc(C)c2)C(C)C)cc1. The van der Waals surface area contributed by atoms with Gasteiger partial charge in [0.25, 0.3) is 5.91 Å². The molecule has 0 saturated carbocycles. The predicted octanol–water partition coefficient (Wildman–Crippen LogP) is 3.42. The number of nitrogens with zero attached hydrogens (tertiary/aromatic N) is 1. The summed E-state index contributed by atoms with van der Waals surface area (Å²) in [6, 6.07) is 14.4. The van der Waals surface area contributed by atoms with Crippen LogP contribution in [0.5, 0.6) is 5.75 Å². The van der Waals surface area contributed by atoms with Gasteiger partial charge in [-0.3, -0.25) is 9.59 Å². The normalized spacial score (nSPS) is 11.8. The Balaban J connectivity index is 2.07. The molecule has 2 amide bonds. The molecule has 0 aliphatic heterocycles. The first-order valence-electron chi connectivity index (χ1n) is 9.07. The highest BCUT2D eigenvalue weighted by Crippen LogP contribution is 2.14. The molecule has 1 atom stereocenters. The summed E-state index contributed by atoms with van der Waals surface area (Å²) in [5, 5.41) is 2.89. The molecule has 2 aromatic rings. The minimum Gasteiger partial charge on any atom is -0.497 e. The van der Waals surface area contributed by atoms with Crippen molar-refractivity contribution >= 4 is 11.8 Å². The van der Waals surface area contributed by atoms with E-state index in [4.69, 9.17) is 4.74 Å². The highest BCUT2D eigenvalue weighted by molar-refractivity contribution is 5.97. The molecule has 2 aromatic carbocycles. The maximum Gasteiger partial charge on any atom is 0.251 e. The number of amides is 2. The molecular formula is C22H28N2O3. The molecule has 0 radical (unpaired) electrons. The van der Waals surface area contributed by atoms with Crippen LogP contribution in [0.4, 0.5) is 0 Å². The Morgan fingerprint density at radius 2 is 1.78 bits per heavy atom. The summed E-state index contributed by atoms with van der Waals surface area (Å²) >= 11 is 0. The van der Waals surface area contributed by atoms with Gasteiger partial charge in [-0.15, -0.1) is 0 Å². The van der Waals surface area contributed by atoms with Crippen molar-refractivity contribution < 1.29 is 14.3 Å². The first-order valence-corrected chi connectivity index (χ1v) is 9.07. The number of aryl methyl sites for hydroxylation is 1. The molecule has 0 spiro atoms. The van der Waals surface area contributed by atoms with Gasteiger partial charge in [0, 0.05) is 19.2 Å². The highest BCUT2D eigenvalue weighted by Gasteiger charge is 2.27. The lowest BCUT2D eigenvalue weighted by molar-refractivity contribution is -0.133. The molecule has 5 nitrogen and oxygen atoms in total. The quantitative estimate of drug-likeness (QED) is 0.815. The summed E-state index contributed by atoms with van der Waals surface area (Å²) in [5.41, 5.74) is 2.57. The second-order valence-electron chi connectivity index (χ2n) is 7.11. The number of hydrogen-bond donors (Lipinski definition) is 1. The second kappa shape index (κ2) is 9.21. The maximum absolute atomic E-state index is 12.9. The summed E-state index contributed by atoms with van der Waals surface area (Å²) < 4.78 is 5.16. The molecule has 0 aliphatic carbocycles. The number of benzene rings is 2. The van der Waals surface area contributed by atoms with E-state index in [0.29, 0.717) is 12.1 Å². The van der Waals surface area contributed by atoms with Crippen molar-refractivity contribution in [1.29, 1.82) is 0 Å². The Bertz CT molecular complexity index is 784. The van der Waals surface area contributed by atoms with Crippen LogP contribution in [0.2, 0.25) is 0 Å². The summed E-state index contributed by atoms with van der Waals surface area (Å²) in [6.45, 7) is 6.26. The van der Waals surface area contributed by atoms with E-state index in [1.165, 1.54) is 0 Å². The van der Waals surface area contributed by atoms with Crippen LogP contribution in [-0.4, -0.2) is 36.9 Å².